The van der Waals surface area contributed by atoms with Gasteiger partial charge in [-0.25, -0.2) is 0 Å². The minimum Gasteiger partial charge on any atom is -0.545 e. The molecular weight excluding hydrogens is 252 g/mol. The van der Waals surface area contributed by atoms with Gasteiger partial charge in [-0.2, -0.15) is 0 Å². The quantitative estimate of drug-likeness (QED) is 0.852. The van der Waals surface area contributed by atoms with E-state index in [4.69, 9.17) is 16.3 Å². The molecule has 0 aromatic heterocycles. The highest BCUT2D eigenvalue weighted by atomic mass is 35.5. The van der Waals surface area contributed by atoms with Gasteiger partial charge < -0.3 is 14.6 Å². The largest absolute Gasteiger partial charge is 0.545 e. The number of carbonyl (C=O) groups is 1. The first kappa shape index (κ1) is 12.5. The first-order valence-electron chi connectivity index (χ1n) is 5.27. The van der Waals surface area contributed by atoms with E-state index in [0.29, 0.717) is 0 Å². The summed E-state index contributed by atoms with van der Waals surface area (Å²) < 4.78 is 5.13. The van der Waals surface area contributed by atoms with Crippen molar-refractivity contribution in [3.63, 3.8) is 0 Å². The van der Waals surface area contributed by atoms with Gasteiger partial charge in [-0.3, -0.25) is 0 Å². The number of hydrogen-bond acceptors (Lipinski definition) is 3. The van der Waals surface area contributed by atoms with Gasteiger partial charge in [0.1, 0.15) is 5.75 Å². The molecule has 0 aliphatic heterocycles. The van der Waals surface area contributed by atoms with Crippen molar-refractivity contribution in [3.05, 3.63) is 53.1 Å². The number of hydrogen-bond donors (Lipinski definition) is 0. The third-order valence-corrected chi connectivity index (χ3v) is 2.90. The summed E-state index contributed by atoms with van der Waals surface area (Å²) in [5.74, 6) is -0.551. The Morgan fingerprint density at radius 1 is 1.17 bits per heavy atom. The minimum absolute atomic E-state index is 0.0108. The van der Waals surface area contributed by atoms with Crippen molar-refractivity contribution < 1.29 is 14.6 Å². The average Bonchev–Trinajstić information content (AvgIpc) is 2.38. The van der Waals surface area contributed by atoms with E-state index in [0.717, 1.165) is 16.9 Å². The molecule has 0 radical (unpaired) electrons. The average molecular weight is 262 g/mol. The summed E-state index contributed by atoms with van der Waals surface area (Å²) in [6.45, 7) is 0. The van der Waals surface area contributed by atoms with E-state index < -0.39 is 5.97 Å². The number of carboxylic acid groups (broad SMARTS) is 1. The van der Waals surface area contributed by atoms with Gasteiger partial charge >= 0.3 is 0 Å². The van der Waals surface area contributed by atoms with Crippen LogP contribution in [-0.2, 0) is 0 Å². The van der Waals surface area contributed by atoms with Crippen LogP contribution in [0.15, 0.2) is 42.5 Å². The molecule has 2 rings (SSSR count). The topological polar surface area (TPSA) is 49.4 Å². The van der Waals surface area contributed by atoms with Crippen LogP contribution in [0.25, 0.3) is 11.1 Å². The first-order valence-corrected chi connectivity index (χ1v) is 5.65. The maximum atomic E-state index is 10.8. The van der Waals surface area contributed by atoms with E-state index in [-0.39, 0.29) is 10.6 Å². The fraction of sp³-hybridized carbons (Fsp3) is 0.0714. The molecule has 0 aliphatic rings. The van der Waals surface area contributed by atoms with Crippen LogP contribution in [0.3, 0.4) is 0 Å². The SMILES string of the molecule is COc1cccc(-c2ccc(C(=O)[O-])c(Cl)c2)c1. The van der Waals surface area contributed by atoms with Crippen molar-refractivity contribution in [2.45, 2.75) is 0 Å². The van der Waals surface area contributed by atoms with Crippen molar-refractivity contribution in [1.82, 2.24) is 0 Å². The zero-order valence-electron chi connectivity index (χ0n) is 9.64. The Labute approximate surface area is 110 Å². The number of benzene rings is 2. The molecule has 2 aromatic carbocycles. The zero-order chi connectivity index (χ0) is 13.1. The number of rotatable bonds is 3. The normalized spacial score (nSPS) is 10.1. The molecule has 0 heterocycles. The van der Waals surface area contributed by atoms with Crippen LogP contribution in [0.5, 0.6) is 5.75 Å². The maximum Gasteiger partial charge on any atom is 0.119 e. The molecule has 0 amide bonds. The highest BCUT2D eigenvalue weighted by Crippen LogP contribution is 2.27. The van der Waals surface area contributed by atoms with E-state index in [1.807, 2.05) is 24.3 Å². The molecule has 0 N–H and O–H groups in total. The monoisotopic (exact) mass is 261 g/mol. The van der Waals surface area contributed by atoms with Crippen LogP contribution < -0.4 is 9.84 Å². The molecule has 4 heteroatoms. The van der Waals surface area contributed by atoms with Crippen molar-refractivity contribution in [1.29, 1.82) is 0 Å². The van der Waals surface area contributed by atoms with E-state index >= 15 is 0 Å². The van der Waals surface area contributed by atoms with Crippen LogP contribution >= 0.6 is 11.6 Å². The third-order valence-electron chi connectivity index (χ3n) is 2.59. The van der Waals surface area contributed by atoms with Crippen LogP contribution in [0, 0.1) is 0 Å². The second kappa shape index (κ2) is 5.10. The van der Waals surface area contributed by atoms with Crippen molar-refractivity contribution in [2.24, 2.45) is 0 Å². The van der Waals surface area contributed by atoms with Gasteiger partial charge in [-0.05, 0) is 29.3 Å². The van der Waals surface area contributed by atoms with Gasteiger partial charge in [-0.1, -0.05) is 35.9 Å². The Balaban J connectivity index is 2.45. The summed E-state index contributed by atoms with van der Waals surface area (Å²) in [6, 6.07) is 12.2. The molecule has 0 aliphatic carbocycles. The molecule has 18 heavy (non-hydrogen) atoms. The molecule has 2 aromatic rings. The second-order valence-electron chi connectivity index (χ2n) is 3.71. The summed E-state index contributed by atoms with van der Waals surface area (Å²) in [5, 5.41) is 10.9. The number of carboxylic acids is 1. The summed E-state index contributed by atoms with van der Waals surface area (Å²) in [4.78, 5) is 10.8. The molecule has 0 bridgehead atoms. The van der Waals surface area contributed by atoms with E-state index in [2.05, 4.69) is 0 Å². The Morgan fingerprint density at radius 3 is 2.50 bits per heavy atom. The summed E-state index contributed by atoms with van der Waals surface area (Å²) in [7, 11) is 1.59. The molecule has 0 saturated heterocycles. The summed E-state index contributed by atoms with van der Waals surface area (Å²) in [6.07, 6.45) is 0. The van der Waals surface area contributed by atoms with Crippen LogP contribution in [0.4, 0.5) is 0 Å². The van der Waals surface area contributed by atoms with Crippen molar-refractivity contribution in [2.75, 3.05) is 7.11 Å². The summed E-state index contributed by atoms with van der Waals surface area (Å²) >= 11 is 5.90. The molecular formula is C14H10ClO3-. The number of ether oxygens (including phenoxy) is 1. The van der Waals surface area contributed by atoms with Crippen LogP contribution in [0.1, 0.15) is 10.4 Å². The van der Waals surface area contributed by atoms with Gasteiger partial charge in [0.2, 0.25) is 0 Å². The molecule has 0 spiro atoms. The smallest absolute Gasteiger partial charge is 0.119 e. The molecule has 0 saturated carbocycles. The van der Waals surface area contributed by atoms with E-state index in [1.54, 1.807) is 19.2 Å². The lowest BCUT2D eigenvalue weighted by Gasteiger charge is -2.09. The van der Waals surface area contributed by atoms with Crippen molar-refractivity contribution in [3.8, 4) is 16.9 Å². The first-order chi connectivity index (χ1) is 8.61. The van der Waals surface area contributed by atoms with Gasteiger partial charge in [0, 0.05) is 5.56 Å². The van der Waals surface area contributed by atoms with Crippen molar-refractivity contribution >= 4 is 17.6 Å². The predicted octanol–water partition coefficient (Wildman–Crippen LogP) is 2.38. The molecule has 0 unspecified atom stereocenters. The molecule has 92 valence electrons. The number of carbonyl (C=O) groups excluding carboxylic acids is 1. The van der Waals surface area contributed by atoms with Gasteiger partial charge in [0.25, 0.3) is 0 Å². The van der Waals surface area contributed by atoms with Gasteiger partial charge in [-0.15, -0.1) is 0 Å². The highest BCUT2D eigenvalue weighted by molar-refractivity contribution is 6.33. The Morgan fingerprint density at radius 2 is 1.89 bits per heavy atom. The maximum absolute atomic E-state index is 10.8. The third kappa shape index (κ3) is 2.46. The molecule has 0 fully saturated rings. The lowest BCUT2D eigenvalue weighted by atomic mass is 10.0. The standard InChI is InChI=1S/C14H11ClO3/c1-18-11-4-2-3-9(7-11)10-5-6-12(14(16)17)13(15)8-10/h2-8H,1H3,(H,16,17)/p-1. The molecule has 0 atom stereocenters. The van der Waals surface area contributed by atoms with Gasteiger partial charge in [0.15, 0.2) is 0 Å². The molecule has 3 nitrogen and oxygen atoms in total. The Kier molecular flexibility index (Phi) is 3.53. The lowest BCUT2D eigenvalue weighted by molar-refractivity contribution is -0.255. The van der Waals surface area contributed by atoms with Crippen LogP contribution in [-0.4, -0.2) is 13.1 Å². The predicted molar refractivity (Wildman–Crippen MR) is 67.8 cm³/mol. The fourth-order valence-corrected chi connectivity index (χ4v) is 1.92. The van der Waals surface area contributed by atoms with E-state index in [9.17, 15) is 9.90 Å². The minimum atomic E-state index is -1.28. The number of aromatic carboxylic acids is 1. The fourth-order valence-electron chi connectivity index (χ4n) is 1.66. The zero-order valence-corrected chi connectivity index (χ0v) is 10.4. The second-order valence-corrected chi connectivity index (χ2v) is 4.12. The lowest BCUT2D eigenvalue weighted by Crippen LogP contribution is -2.22. The van der Waals surface area contributed by atoms with Crippen LogP contribution in [0.2, 0.25) is 5.02 Å². The van der Waals surface area contributed by atoms with Gasteiger partial charge in [0.05, 0.1) is 18.1 Å². The summed E-state index contributed by atoms with van der Waals surface area (Å²) in [5.41, 5.74) is 1.72. The Bertz CT molecular complexity index is 593. The number of methoxy groups -OCH3 is 1. The number of halogens is 1. The highest BCUT2D eigenvalue weighted by Gasteiger charge is 2.05. The Hall–Kier alpha value is -2.00. The van der Waals surface area contributed by atoms with E-state index in [1.165, 1.54) is 6.07 Å².